The number of benzene rings is 1. The van der Waals surface area contributed by atoms with Crippen molar-refractivity contribution in [3.8, 4) is 11.8 Å². The molecule has 2 aliphatic rings. The highest BCUT2D eigenvalue weighted by Gasteiger charge is 2.29. The van der Waals surface area contributed by atoms with Gasteiger partial charge in [-0.25, -0.2) is 13.4 Å². The van der Waals surface area contributed by atoms with Crippen LogP contribution in [0.4, 0.5) is 23.1 Å². The highest BCUT2D eigenvalue weighted by Crippen LogP contribution is 2.40. The average molecular weight is 565 g/mol. The third-order valence-electron chi connectivity index (χ3n) is 7.44. The Morgan fingerprint density at radius 2 is 1.82 bits per heavy atom. The third kappa shape index (κ3) is 5.90. The Labute approximate surface area is 235 Å². The molecule has 1 aromatic carbocycles. The standard InChI is InChI=1S/C28H36N8O3S/c1-17(2)40(37,38)27-24(16-36(5)34-27)31-26-20(14-29)15-30-28(33-26)32-23-12-18(3)22(13-25(23)39-21-6-7-21)19-8-10-35(4)11-9-19/h12-13,15-17,19,21H,6-11H2,1-5H3,(H2,30,31,32,33). The van der Waals surface area contributed by atoms with E-state index in [1.807, 2.05) is 0 Å². The van der Waals surface area contributed by atoms with Crippen LogP contribution in [0.5, 0.6) is 5.75 Å². The van der Waals surface area contributed by atoms with Gasteiger partial charge in [0, 0.05) is 13.2 Å². The van der Waals surface area contributed by atoms with Gasteiger partial charge in [0.15, 0.2) is 5.82 Å². The maximum absolute atomic E-state index is 12.9. The first-order chi connectivity index (χ1) is 19.0. The first-order valence-electron chi connectivity index (χ1n) is 13.6. The van der Waals surface area contributed by atoms with Crippen molar-refractivity contribution in [1.82, 2.24) is 24.6 Å². The number of rotatable bonds is 9. The molecule has 0 unspecified atom stereocenters. The lowest BCUT2D eigenvalue weighted by molar-refractivity contribution is 0.254. The van der Waals surface area contributed by atoms with E-state index in [1.165, 1.54) is 22.0 Å². The van der Waals surface area contributed by atoms with Gasteiger partial charge in [-0.05, 0) is 95.8 Å². The van der Waals surface area contributed by atoms with Crippen LogP contribution in [0.15, 0.2) is 29.6 Å². The van der Waals surface area contributed by atoms with Gasteiger partial charge >= 0.3 is 0 Å². The lowest BCUT2D eigenvalue weighted by Crippen LogP contribution is -2.29. The molecule has 1 saturated carbocycles. The summed E-state index contributed by atoms with van der Waals surface area (Å²) >= 11 is 0. The molecule has 2 fully saturated rings. The molecule has 40 heavy (non-hydrogen) atoms. The van der Waals surface area contributed by atoms with Gasteiger partial charge in [-0.1, -0.05) is 0 Å². The fourth-order valence-electron chi connectivity index (χ4n) is 4.88. The van der Waals surface area contributed by atoms with Crippen LogP contribution in [0.25, 0.3) is 0 Å². The van der Waals surface area contributed by atoms with Gasteiger partial charge in [0.1, 0.15) is 17.4 Å². The minimum atomic E-state index is -3.67. The van der Waals surface area contributed by atoms with Crippen LogP contribution in [0.3, 0.4) is 0 Å². The number of nitriles is 1. The Morgan fingerprint density at radius 1 is 1.10 bits per heavy atom. The zero-order valence-electron chi connectivity index (χ0n) is 23.6. The summed E-state index contributed by atoms with van der Waals surface area (Å²) in [6.45, 7) is 7.47. The van der Waals surface area contributed by atoms with E-state index in [-0.39, 0.29) is 34.1 Å². The highest BCUT2D eigenvalue weighted by atomic mass is 32.2. The van der Waals surface area contributed by atoms with E-state index >= 15 is 0 Å². The molecule has 0 bridgehead atoms. The fraction of sp³-hybridized carbons (Fsp3) is 0.500. The smallest absolute Gasteiger partial charge is 0.229 e. The summed E-state index contributed by atoms with van der Waals surface area (Å²) in [4.78, 5) is 11.3. The molecule has 5 rings (SSSR count). The average Bonchev–Trinajstić information content (AvgIpc) is 3.65. The normalized spacial score (nSPS) is 16.6. The van der Waals surface area contributed by atoms with E-state index in [4.69, 9.17) is 4.74 Å². The van der Waals surface area contributed by atoms with Crippen molar-refractivity contribution in [3.05, 3.63) is 41.2 Å². The number of ether oxygens (including phenoxy) is 1. The molecule has 3 heterocycles. The number of nitrogens with zero attached hydrogens (tertiary/aromatic N) is 6. The van der Waals surface area contributed by atoms with Gasteiger partial charge in [-0.3, -0.25) is 4.68 Å². The van der Waals surface area contributed by atoms with Crippen molar-refractivity contribution >= 4 is 33.0 Å². The van der Waals surface area contributed by atoms with Crippen molar-refractivity contribution < 1.29 is 13.2 Å². The summed E-state index contributed by atoms with van der Waals surface area (Å²) < 4.78 is 33.5. The van der Waals surface area contributed by atoms with Crippen LogP contribution < -0.4 is 15.4 Å². The van der Waals surface area contributed by atoms with Crippen molar-refractivity contribution in [2.75, 3.05) is 30.8 Å². The Balaban J connectivity index is 1.46. The molecule has 212 valence electrons. The number of anilines is 4. The van der Waals surface area contributed by atoms with Crippen LogP contribution in [0.1, 0.15) is 62.1 Å². The number of aryl methyl sites for hydroxylation is 2. The summed E-state index contributed by atoms with van der Waals surface area (Å²) in [5.41, 5.74) is 3.65. The van der Waals surface area contributed by atoms with Gasteiger partial charge in [0.05, 0.1) is 28.9 Å². The van der Waals surface area contributed by atoms with Crippen molar-refractivity contribution in [2.24, 2.45) is 7.05 Å². The molecule has 12 heteroatoms. The summed E-state index contributed by atoms with van der Waals surface area (Å²) in [6.07, 6.45) is 7.47. The first kappa shape index (κ1) is 27.9. The van der Waals surface area contributed by atoms with Gasteiger partial charge < -0.3 is 20.3 Å². The Morgan fingerprint density at radius 3 is 2.48 bits per heavy atom. The third-order valence-corrected chi connectivity index (χ3v) is 9.52. The molecular formula is C28H36N8O3S. The fourth-order valence-corrected chi connectivity index (χ4v) is 5.98. The van der Waals surface area contributed by atoms with Gasteiger partial charge in [0.2, 0.25) is 20.8 Å². The van der Waals surface area contributed by atoms with E-state index in [0.29, 0.717) is 5.92 Å². The number of piperidine rings is 1. The van der Waals surface area contributed by atoms with Gasteiger partial charge in [-0.2, -0.15) is 15.3 Å². The number of aromatic nitrogens is 4. The van der Waals surface area contributed by atoms with Crippen LogP contribution >= 0.6 is 0 Å². The molecule has 3 aromatic rings. The second kappa shape index (κ2) is 11.1. The molecule has 0 spiro atoms. The molecule has 1 saturated heterocycles. The second-order valence-corrected chi connectivity index (χ2v) is 13.5. The summed E-state index contributed by atoms with van der Waals surface area (Å²) in [5, 5.41) is 19.4. The Hall–Kier alpha value is -3.69. The minimum absolute atomic E-state index is 0.0951. The predicted molar refractivity (Wildman–Crippen MR) is 153 cm³/mol. The van der Waals surface area contributed by atoms with Crippen molar-refractivity contribution in [2.45, 2.75) is 68.8 Å². The molecule has 1 aliphatic carbocycles. The van der Waals surface area contributed by atoms with Crippen LogP contribution in [-0.4, -0.2) is 64.6 Å². The summed E-state index contributed by atoms with van der Waals surface area (Å²) in [7, 11) is 0.131. The number of hydrogen-bond donors (Lipinski definition) is 2. The molecular weight excluding hydrogens is 528 g/mol. The lowest BCUT2D eigenvalue weighted by Gasteiger charge is -2.30. The van der Waals surface area contributed by atoms with Crippen LogP contribution in [0, 0.1) is 18.3 Å². The SMILES string of the molecule is Cc1cc(Nc2ncc(C#N)c(Nc3cn(C)nc3S(=O)(=O)C(C)C)n2)c(OC2CC2)cc1C1CCN(C)CC1. The number of sulfone groups is 1. The number of nitrogens with one attached hydrogen (secondary N) is 2. The van der Waals surface area contributed by atoms with Crippen molar-refractivity contribution in [1.29, 1.82) is 5.26 Å². The molecule has 0 atom stereocenters. The largest absolute Gasteiger partial charge is 0.488 e. The number of hydrogen-bond acceptors (Lipinski definition) is 10. The highest BCUT2D eigenvalue weighted by molar-refractivity contribution is 7.92. The lowest BCUT2D eigenvalue weighted by atomic mass is 9.86. The van der Waals surface area contributed by atoms with E-state index < -0.39 is 15.1 Å². The Kier molecular flexibility index (Phi) is 7.70. The zero-order valence-corrected chi connectivity index (χ0v) is 24.4. The minimum Gasteiger partial charge on any atom is -0.488 e. The summed E-state index contributed by atoms with van der Waals surface area (Å²) in [5.74, 6) is 1.69. The van der Waals surface area contributed by atoms with E-state index in [9.17, 15) is 13.7 Å². The molecule has 11 nitrogen and oxygen atoms in total. The second-order valence-electron chi connectivity index (χ2n) is 11.0. The number of likely N-dealkylation sites (tertiary alicyclic amines) is 1. The van der Waals surface area contributed by atoms with E-state index in [1.54, 1.807) is 27.1 Å². The maximum atomic E-state index is 12.9. The summed E-state index contributed by atoms with van der Waals surface area (Å²) in [6, 6.07) is 6.31. The monoisotopic (exact) mass is 564 g/mol. The molecule has 0 radical (unpaired) electrons. The predicted octanol–water partition coefficient (Wildman–Crippen LogP) is 4.41. The quantitative estimate of drug-likeness (QED) is 0.384. The van der Waals surface area contributed by atoms with Crippen molar-refractivity contribution in [3.63, 3.8) is 0 Å². The van der Waals surface area contributed by atoms with E-state index in [0.717, 1.165) is 50.2 Å². The molecule has 0 amide bonds. The topological polar surface area (TPSA) is 138 Å². The molecule has 2 N–H and O–H groups in total. The van der Waals surface area contributed by atoms with Gasteiger partial charge in [-0.15, -0.1) is 0 Å². The molecule has 2 aromatic heterocycles. The first-order valence-corrected chi connectivity index (χ1v) is 15.2. The van der Waals surface area contributed by atoms with Gasteiger partial charge in [0.25, 0.3) is 0 Å². The van der Waals surface area contributed by atoms with Crippen LogP contribution in [-0.2, 0) is 16.9 Å². The molecule has 1 aliphatic heterocycles. The van der Waals surface area contributed by atoms with E-state index in [2.05, 4.69) is 62.8 Å². The zero-order chi connectivity index (χ0) is 28.6. The Bertz CT molecular complexity index is 1550. The maximum Gasteiger partial charge on any atom is 0.229 e. The van der Waals surface area contributed by atoms with Crippen LogP contribution in [0.2, 0.25) is 0 Å².